The minimum atomic E-state index is -0.0774. The van der Waals surface area contributed by atoms with Crippen LogP contribution in [-0.4, -0.2) is 41.8 Å². The fraction of sp³-hybridized carbons (Fsp3) is 0.333. The molecule has 2 aromatic heterocycles. The van der Waals surface area contributed by atoms with Crippen molar-refractivity contribution in [2.75, 3.05) is 27.4 Å². The van der Waals surface area contributed by atoms with Gasteiger partial charge in [0.1, 0.15) is 11.5 Å². The highest BCUT2D eigenvalue weighted by atomic mass is 79.9. The molecule has 5 rings (SSSR count). The van der Waals surface area contributed by atoms with Crippen molar-refractivity contribution in [2.45, 2.75) is 25.4 Å². The molecule has 7 nitrogen and oxygen atoms in total. The van der Waals surface area contributed by atoms with Crippen molar-refractivity contribution >= 4 is 37.7 Å². The standard InChI is InChI=1S/C24H24BrN3O4/c1-30-18-7-5-15(22(11-18)31-2)13-27-21-10-16(25)6-8-19(21)23-20(24(27)29)12-26-28(23)17-4-3-9-32-14-17/h5-8,10-12,17H,3-4,9,13-14H2,1-2H3. The summed E-state index contributed by atoms with van der Waals surface area (Å²) < 4.78 is 21.2. The SMILES string of the molecule is COc1ccc(Cn2c(=O)c3cnn(C4CCCOC4)c3c3ccc(Br)cc32)c(OC)c1. The first-order valence-electron chi connectivity index (χ1n) is 10.6. The second kappa shape index (κ2) is 8.60. The van der Waals surface area contributed by atoms with E-state index in [0.717, 1.165) is 45.9 Å². The fourth-order valence-corrected chi connectivity index (χ4v) is 4.82. The second-order valence-corrected chi connectivity index (χ2v) is 8.87. The van der Waals surface area contributed by atoms with Crippen LogP contribution < -0.4 is 15.0 Å². The van der Waals surface area contributed by atoms with Crippen LogP contribution in [0.2, 0.25) is 0 Å². The van der Waals surface area contributed by atoms with E-state index in [4.69, 9.17) is 14.2 Å². The van der Waals surface area contributed by atoms with Crippen molar-refractivity contribution < 1.29 is 14.2 Å². The van der Waals surface area contributed by atoms with E-state index in [-0.39, 0.29) is 11.6 Å². The Hall–Kier alpha value is -2.84. The maximum absolute atomic E-state index is 13.7. The first-order valence-corrected chi connectivity index (χ1v) is 11.4. The molecule has 1 aliphatic heterocycles. The third-order valence-corrected chi connectivity index (χ3v) is 6.57. The molecule has 1 saturated heterocycles. The Morgan fingerprint density at radius 3 is 2.78 bits per heavy atom. The number of rotatable bonds is 5. The molecule has 8 heteroatoms. The average Bonchev–Trinajstić information content (AvgIpc) is 3.28. The molecule has 2 aromatic carbocycles. The molecule has 0 bridgehead atoms. The number of aromatic nitrogens is 3. The molecule has 0 saturated carbocycles. The van der Waals surface area contributed by atoms with Crippen LogP contribution in [0.3, 0.4) is 0 Å². The lowest BCUT2D eigenvalue weighted by Crippen LogP contribution is -2.24. The van der Waals surface area contributed by atoms with Gasteiger partial charge < -0.3 is 18.8 Å². The van der Waals surface area contributed by atoms with Crippen molar-refractivity contribution in [3.63, 3.8) is 0 Å². The number of nitrogens with zero attached hydrogens (tertiary/aromatic N) is 3. The molecule has 166 valence electrons. The molecule has 0 spiro atoms. The van der Waals surface area contributed by atoms with Gasteiger partial charge in [-0.25, -0.2) is 0 Å². The maximum atomic E-state index is 13.7. The Bertz CT molecular complexity index is 1360. The van der Waals surface area contributed by atoms with Gasteiger partial charge in [-0.2, -0.15) is 5.10 Å². The molecule has 32 heavy (non-hydrogen) atoms. The number of benzene rings is 2. The summed E-state index contributed by atoms with van der Waals surface area (Å²) in [5.74, 6) is 1.38. The predicted octanol–water partition coefficient (Wildman–Crippen LogP) is 4.53. The lowest BCUT2D eigenvalue weighted by molar-refractivity contribution is 0.0565. The summed E-state index contributed by atoms with van der Waals surface area (Å²) in [7, 11) is 3.24. The molecule has 0 amide bonds. The van der Waals surface area contributed by atoms with E-state index in [1.165, 1.54) is 0 Å². The van der Waals surface area contributed by atoms with Gasteiger partial charge in [0, 0.05) is 28.1 Å². The van der Waals surface area contributed by atoms with Crippen molar-refractivity contribution in [1.82, 2.24) is 14.3 Å². The quantitative estimate of drug-likeness (QED) is 0.405. The third-order valence-electron chi connectivity index (χ3n) is 6.08. The van der Waals surface area contributed by atoms with Gasteiger partial charge in [0.2, 0.25) is 0 Å². The summed E-state index contributed by atoms with van der Waals surface area (Å²) in [6, 6.07) is 11.8. The molecule has 0 aliphatic carbocycles. The van der Waals surface area contributed by atoms with Gasteiger partial charge in [-0.15, -0.1) is 0 Å². The van der Waals surface area contributed by atoms with Gasteiger partial charge in [0.05, 0.1) is 56.0 Å². The van der Waals surface area contributed by atoms with Crippen LogP contribution in [0.5, 0.6) is 11.5 Å². The van der Waals surface area contributed by atoms with E-state index in [1.807, 2.05) is 41.1 Å². The Kier molecular flexibility index (Phi) is 5.65. The summed E-state index contributed by atoms with van der Waals surface area (Å²) in [4.78, 5) is 13.7. The van der Waals surface area contributed by atoms with Crippen LogP contribution >= 0.6 is 15.9 Å². The Morgan fingerprint density at radius 1 is 1.16 bits per heavy atom. The highest BCUT2D eigenvalue weighted by molar-refractivity contribution is 9.10. The first-order chi connectivity index (χ1) is 15.6. The molecule has 0 radical (unpaired) electrons. The maximum Gasteiger partial charge on any atom is 0.262 e. The largest absolute Gasteiger partial charge is 0.497 e. The van der Waals surface area contributed by atoms with E-state index in [0.29, 0.717) is 30.0 Å². The van der Waals surface area contributed by atoms with Crippen molar-refractivity contribution in [1.29, 1.82) is 0 Å². The molecule has 1 aliphatic rings. The molecule has 0 N–H and O–H groups in total. The van der Waals surface area contributed by atoms with Crippen LogP contribution in [0.25, 0.3) is 21.8 Å². The van der Waals surface area contributed by atoms with E-state index >= 15 is 0 Å². The zero-order valence-corrected chi connectivity index (χ0v) is 19.6. The number of hydrogen-bond acceptors (Lipinski definition) is 5. The van der Waals surface area contributed by atoms with Gasteiger partial charge in [-0.05, 0) is 43.2 Å². The zero-order valence-electron chi connectivity index (χ0n) is 18.0. The number of hydrogen-bond donors (Lipinski definition) is 0. The number of ether oxygens (including phenoxy) is 3. The third kappa shape index (κ3) is 3.57. The first kappa shape index (κ1) is 21.0. The molecule has 4 aromatic rings. The minimum Gasteiger partial charge on any atom is -0.497 e. The Labute approximate surface area is 193 Å². The molecule has 3 heterocycles. The van der Waals surface area contributed by atoms with Gasteiger partial charge in [0.15, 0.2) is 0 Å². The van der Waals surface area contributed by atoms with Crippen LogP contribution in [-0.2, 0) is 11.3 Å². The fourth-order valence-electron chi connectivity index (χ4n) is 4.47. The van der Waals surface area contributed by atoms with Crippen LogP contribution in [0, 0.1) is 0 Å². The van der Waals surface area contributed by atoms with Crippen molar-refractivity contribution in [2.24, 2.45) is 0 Å². The topological polar surface area (TPSA) is 67.5 Å². The van der Waals surface area contributed by atoms with Crippen LogP contribution in [0.1, 0.15) is 24.4 Å². The van der Waals surface area contributed by atoms with Crippen molar-refractivity contribution in [3.8, 4) is 11.5 Å². The van der Waals surface area contributed by atoms with Gasteiger partial charge in [-0.1, -0.05) is 15.9 Å². The summed E-state index contributed by atoms with van der Waals surface area (Å²) in [5, 5.41) is 6.22. The smallest absolute Gasteiger partial charge is 0.262 e. The van der Waals surface area contributed by atoms with Gasteiger partial charge >= 0.3 is 0 Å². The Morgan fingerprint density at radius 2 is 2.03 bits per heavy atom. The van der Waals surface area contributed by atoms with Crippen LogP contribution in [0.4, 0.5) is 0 Å². The van der Waals surface area contributed by atoms with E-state index in [2.05, 4.69) is 21.0 Å². The monoisotopic (exact) mass is 497 g/mol. The molecular formula is C24H24BrN3O4. The Balaban J connectivity index is 1.72. The van der Waals surface area contributed by atoms with Gasteiger partial charge in [-0.3, -0.25) is 9.48 Å². The lowest BCUT2D eigenvalue weighted by Gasteiger charge is -2.24. The highest BCUT2D eigenvalue weighted by Gasteiger charge is 2.23. The molecular weight excluding hydrogens is 474 g/mol. The molecule has 1 atom stereocenters. The van der Waals surface area contributed by atoms with Gasteiger partial charge in [0.25, 0.3) is 5.56 Å². The minimum absolute atomic E-state index is 0.0774. The molecule has 1 unspecified atom stereocenters. The lowest BCUT2D eigenvalue weighted by atomic mass is 10.1. The summed E-state index contributed by atoms with van der Waals surface area (Å²) in [5.41, 5.74) is 2.52. The van der Waals surface area contributed by atoms with E-state index in [9.17, 15) is 4.79 Å². The average molecular weight is 498 g/mol. The van der Waals surface area contributed by atoms with Crippen LogP contribution in [0.15, 0.2) is 51.9 Å². The highest BCUT2D eigenvalue weighted by Crippen LogP contribution is 2.31. The summed E-state index contributed by atoms with van der Waals surface area (Å²) in [6.07, 6.45) is 3.67. The van der Waals surface area contributed by atoms with Crippen molar-refractivity contribution in [3.05, 3.63) is 63.0 Å². The molecule has 1 fully saturated rings. The number of pyridine rings is 1. The number of fused-ring (bicyclic) bond motifs is 3. The normalized spacial score (nSPS) is 16.5. The van der Waals surface area contributed by atoms with E-state index in [1.54, 1.807) is 25.0 Å². The predicted molar refractivity (Wildman–Crippen MR) is 127 cm³/mol. The summed E-state index contributed by atoms with van der Waals surface area (Å²) in [6.45, 7) is 1.76. The summed E-state index contributed by atoms with van der Waals surface area (Å²) >= 11 is 3.57. The zero-order chi connectivity index (χ0) is 22.2. The second-order valence-electron chi connectivity index (χ2n) is 7.95. The number of methoxy groups -OCH3 is 2. The number of halogens is 1. The van der Waals surface area contributed by atoms with E-state index < -0.39 is 0 Å².